The number of amides is 1. The number of nitrogens with zero attached hydrogens (tertiary/aromatic N) is 1. The first-order chi connectivity index (χ1) is 11.6. The van der Waals surface area contributed by atoms with Crippen molar-refractivity contribution in [1.82, 2.24) is 4.90 Å². The first-order valence-corrected chi connectivity index (χ1v) is 8.83. The van der Waals surface area contributed by atoms with Crippen LogP contribution in [0.3, 0.4) is 0 Å². The molecule has 0 unspecified atom stereocenters. The maximum Gasteiger partial charge on any atom is 0.305 e. The normalized spacial score (nSPS) is 15.9. The van der Waals surface area contributed by atoms with E-state index < -0.39 is 0 Å². The van der Waals surface area contributed by atoms with E-state index in [0.717, 1.165) is 5.56 Å². The zero-order chi connectivity index (χ0) is 17.5. The molecule has 2 rings (SSSR count). The van der Waals surface area contributed by atoms with Crippen LogP contribution in [0, 0.1) is 0 Å². The summed E-state index contributed by atoms with van der Waals surface area (Å²) in [5, 5.41) is 0. The molecule has 0 spiro atoms. The fourth-order valence-electron chi connectivity index (χ4n) is 2.23. The zero-order valence-electron chi connectivity index (χ0n) is 13.6. The van der Waals surface area contributed by atoms with E-state index in [4.69, 9.17) is 21.7 Å². The van der Waals surface area contributed by atoms with Crippen molar-refractivity contribution >= 4 is 46.3 Å². The number of para-hydroxylation sites is 1. The van der Waals surface area contributed by atoms with Gasteiger partial charge in [-0.05, 0) is 25.5 Å². The molecule has 0 radical (unpaired) electrons. The summed E-state index contributed by atoms with van der Waals surface area (Å²) in [6, 6.07) is 7.48. The summed E-state index contributed by atoms with van der Waals surface area (Å²) < 4.78 is 10.7. The molecule has 7 heteroatoms. The second kappa shape index (κ2) is 8.84. The van der Waals surface area contributed by atoms with Crippen LogP contribution in [0.25, 0.3) is 6.08 Å². The number of thioether (sulfide) groups is 1. The lowest BCUT2D eigenvalue weighted by molar-refractivity contribution is -0.143. The van der Waals surface area contributed by atoms with Gasteiger partial charge < -0.3 is 9.47 Å². The summed E-state index contributed by atoms with van der Waals surface area (Å²) >= 11 is 6.54. The molecule has 1 aromatic rings. The molecule has 0 saturated carbocycles. The molecular weight excluding hydrogens is 346 g/mol. The van der Waals surface area contributed by atoms with Crippen LogP contribution in [0.15, 0.2) is 29.2 Å². The van der Waals surface area contributed by atoms with E-state index in [0.29, 0.717) is 34.5 Å². The molecule has 0 atom stereocenters. The summed E-state index contributed by atoms with van der Waals surface area (Å²) in [5.74, 6) is 0.303. The molecule has 1 saturated heterocycles. The van der Waals surface area contributed by atoms with Crippen LogP contribution < -0.4 is 4.74 Å². The molecule has 1 amide bonds. The minimum absolute atomic E-state index is 0.139. The van der Waals surface area contributed by atoms with Gasteiger partial charge in [0.1, 0.15) is 10.1 Å². The van der Waals surface area contributed by atoms with Crippen molar-refractivity contribution < 1.29 is 19.1 Å². The van der Waals surface area contributed by atoms with Gasteiger partial charge in [0, 0.05) is 18.5 Å². The van der Waals surface area contributed by atoms with Crippen LogP contribution in [-0.2, 0) is 14.3 Å². The van der Waals surface area contributed by atoms with Crippen LogP contribution in [0.4, 0.5) is 0 Å². The van der Waals surface area contributed by atoms with Gasteiger partial charge in [-0.1, -0.05) is 42.2 Å². The summed E-state index contributed by atoms with van der Waals surface area (Å²) in [5.41, 5.74) is 0.826. The third-order valence-electron chi connectivity index (χ3n) is 3.37. The van der Waals surface area contributed by atoms with E-state index in [1.807, 2.05) is 24.3 Å². The summed E-state index contributed by atoms with van der Waals surface area (Å²) in [4.78, 5) is 26.0. The van der Waals surface area contributed by atoms with Gasteiger partial charge in [-0.2, -0.15) is 0 Å². The number of benzene rings is 1. The smallest absolute Gasteiger partial charge is 0.305 e. The Balaban J connectivity index is 2.03. The molecule has 0 aromatic heterocycles. The van der Waals surface area contributed by atoms with Crippen molar-refractivity contribution in [2.75, 3.05) is 20.3 Å². The number of thiocarbonyl (C=S) groups is 1. The lowest BCUT2D eigenvalue weighted by Crippen LogP contribution is -2.29. The Morgan fingerprint density at radius 2 is 2.12 bits per heavy atom. The van der Waals surface area contributed by atoms with E-state index in [1.165, 1.54) is 16.7 Å². The number of ether oxygens (including phenoxy) is 2. The summed E-state index contributed by atoms with van der Waals surface area (Å²) in [7, 11) is 1.59. The van der Waals surface area contributed by atoms with Gasteiger partial charge >= 0.3 is 5.97 Å². The third-order valence-corrected chi connectivity index (χ3v) is 4.74. The maximum absolute atomic E-state index is 12.5. The first-order valence-electron chi connectivity index (χ1n) is 7.60. The highest BCUT2D eigenvalue weighted by molar-refractivity contribution is 8.26. The summed E-state index contributed by atoms with van der Waals surface area (Å²) in [6.45, 7) is 2.54. The van der Waals surface area contributed by atoms with Gasteiger partial charge in [-0.3, -0.25) is 14.5 Å². The fraction of sp³-hybridized carbons (Fsp3) is 0.353. The second-order valence-corrected chi connectivity index (χ2v) is 6.66. The largest absolute Gasteiger partial charge is 0.496 e. The van der Waals surface area contributed by atoms with E-state index in [9.17, 15) is 9.59 Å². The number of carbonyl (C=O) groups excluding carboxylic acids is 2. The lowest BCUT2D eigenvalue weighted by atomic mass is 10.2. The molecule has 0 bridgehead atoms. The number of esters is 1. The molecule has 0 N–H and O–H groups in total. The molecular formula is C17H19NO4S2. The van der Waals surface area contributed by atoms with Gasteiger partial charge in [0.2, 0.25) is 0 Å². The average Bonchev–Trinajstić information content (AvgIpc) is 2.83. The number of methoxy groups -OCH3 is 1. The Morgan fingerprint density at radius 1 is 1.38 bits per heavy atom. The van der Waals surface area contributed by atoms with E-state index in [-0.39, 0.29) is 18.3 Å². The van der Waals surface area contributed by atoms with Gasteiger partial charge in [0.05, 0.1) is 18.6 Å². The number of hydrogen-bond donors (Lipinski definition) is 0. The fourth-order valence-corrected chi connectivity index (χ4v) is 3.53. The highest BCUT2D eigenvalue weighted by Gasteiger charge is 2.31. The molecule has 1 aliphatic rings. The third kappa shape index (κ3) is 4.58. The molecule has 24 heavy (non-hydrogen) atoms. The molecule has 0 aliphatic carbocycles. The molecule has 5 nitrogen and oxygen atoms in total. The number of rotatable bonds is 7. The highest BCUT2D eigenvalue weighted by Crippen LogP contribution is 2.34. The Bertz CT molecular complexity index is 672. The van der Waals surface area contributed by atoms with Crippen molar-refractivity contribution in [2.24, 2.45) is 0 Å². The van der Waals surface area contributed by atoms with Crippen LogP contribution in [0.2, 0.25) is 0 Å². The topological polar surface area (TPSA) is 55.8 Å². The lowest BCUT2D eigenvalue weighted by Gasteiger charge is -2.13. The molecule has 1 heterocycles. The SMILES string of the molecule is CCOC(=O)CCCN1C(=O)/C(=C/c2ccccc2OC)SC1=S. The Morgan fingerprint density at radius 3 is 2.83 bits per heavy atom. The average molecular weight is 365 g/mol. The minimum atomic E-state index is -0.257. The minimum Gasteiger partial charge on any atom is -0.496 e. The van der Waals surface area contributed by atoms with Gasteiger partial charge in [0.15, 0.2) is 0 Å². The first kappa shape index (κ1) is 18.5. The van der Waals surface area contributed by atoms with E-state index in [2.05, 4.69) is 0 Å². The van der Waals surface area contributed by atoms with Crippen LogP contribution in [-0.4, -0.2) is 41.4 Å². The van der Waals surface area contributed by atoms with Crippen LogP contribution in [0.5, 0.6) is 5.75 Å². The highest BCUT2D eigenvalue weighted by atomic mass is 32.2. The predicted octanol–water partition coefficient (Wildman–Crippen LogP) is 3.24. The van der Waals surface area contributed by atoms with Crippen molar-refractivity contribution in [1.29, 1.82) is 0 Å². The predicted molar refractivity (Wildman–Crippen MR) is 98.7 cm³/mol. The van der Waals surface area contributed by atoms with Gasteiger partial charge in [0.25, 0.3) is 5.91 Å². The maximum atomic E-state index is 12.5. The van der Waals surface area contributed by atoms with Crippen LogP contribution >= 0.6 is 24.0 Å². The number of carbonyl (C=O) groups is 2. The quantitative estimate of drug-likeness (QED) is 0.420. The molecule has 1 aromatic carbocycles. The number of hydrogen-bond acceptors (Lipinski definition) is 6. The van der Waals surface area contributed by atoms with Gasteiger partial charge in [-0.15, -0.1) is 0 Å². The Labute approximate surface area is 151 Å². The van der Waals surface area contributed by atoms with Crippen LogP contribution in [0.1, 0.15) is 25.3 Å². The molecule has 128 valence electrons. The van der Waals surface area contributed by atoms with Crippen molar-refractivity contribution in [2.45, 2.75) is 19.8 Å². The summed E-state index contributed by atoms with van der Waals surface area (Å²) in [6.07, 6.45) is 2.58. The Hall–Kier alpha value is -1.86. The molecule has 1 fully saturated rings. The van der Waals surface area contributed by atoms with Gasteiger partial charge in [-0.25, -0.2) is 0 Å². The zero-order valence-corrected chi connectivity index (χ0v) is 15.2. The van der Waals surface area contributed by atoms with Crippen molar-refractivity contribution in [3.63, 3.8) is 0 Å². The standard InChI is InChI=1S/C17H19NO4S2/c1-3-22-15(19)9-6-10-18-16(20)14(24-17(18)23)11-12-7-4-5-8-13(12)21-2/h4-5,7-8,11H,3,6,9-10H2,1-2H3/b14-11-. The van der Waals surface area contributed by atoms with Crippen molar-refractivity contribution in [3.05, 3.63) is 34.7 Å². The Kier molecular flexibility index (Phi) is 6.81. The molecule has 1 aliphatic heterocycles. The van der Waals surface area contributed by atoms with E-state index >= 15 is 0 Å². The van der Waals surface area contributed by atoms with Crippen molar-refractivity contribution in [3.8, 4) is 5.75 Å². The van der Waals surface area contributed by atoms with E-state index in [1.54, 1.807) is 20.1 Å². The monoisotopic (exact) mass is 365 g/mol. The second-order valence-electron chi connectivity index (χ2n) is 4.98.